The fraction of sp³-hybridized carbons (Fsp3) is 0.308. The van der Waals surface area contributed by atoms with E-state index in [9.17, 15) is 0 Å². The molecule has 0 amide bonds. The van der Waals surface area contributed by atoms with E-state index < -0.39 is 0 Å². The monoisotopic (exact) mass is 295 g/mol. The molecule has 0 spiro atoms. The molecule has 1 aromatic heterocycles. The number of methoxy groups -OCH3 is 1. The van der Waals surface area contributed by atoms with Gasteiger partial charge < -0.3 is 10.1 Å². The zero-order valence-corrected chi connectivity index (χ0v) is 12.8. The average molecular weight is 295 g/mol. The third-order valence-electron chi connectivity index (χ3n) is 3.15. The lowest BCUT2D eigenvalue weighted by atomic mass is 9.90. The molecule has 2 aromatic rings. The number of hydrogen-bond acceptors (Lipinski definition) is 5. The fourth-order valence-corrected chi connectivity index (χ4v) is 5.57. The smallest absolute Gasteiger partial charge is 0.142 e. The minimum absolute atomic E-state index is 0.102. The number of anilines is 1. The van der Waals surface area contributed by atoms with E-state index in [-0.39, 0.29) is 5.54 Å². The van der Waals surface area contributed by atoms with Gasteiger partial charge in [0.1, 0.15) is 9.57 Å². The van der Waals surface area contributed by atoms with Gasteiger partial charge in [0.25, 0.3) is 0 Å². The van der Waals surface area contributed by atoms with Gasteiger partial charge in [-0.3, -0.25) is 0 Å². The maximum Gasteiger partial charge on any atom is 0.142 e. The molecule has 2 nitrogen and oxygen atoms in total. The van der Waals surface area contributed by atoms with Crippen molar-refractivity contribution in [2.24, 2.45) is 0 Å². The van der Waals surface area contributed by atoms with Crippen LogP contribution in [0.15, 0.2) is 18.2 Å². The molecule has 0 saturated heterocycles. The van der Waals surface area contributed by atoms with Gasteiger partial charge in [-0.15, -0.1) is 0 Å². The first-order valence-corrected chi connectivity index (χ1v) is 8.19. The van der Waals surface area contributed by atoms with E-state index in [2.05, 4.69) is 25.2 Å². The van der Waals surface area contributed by atoms with Crippen molar-refractivity contribution in [2.45, 2.75) is 19.4 Å². The zero-order valence-electron chi connectivity index (χ0n) is 10.4. The Morgan fingerprint density at radius 3 is 2.78 bits per heavy atom. The Kier molecular flexibility index (Phi) is 2.73. The summed E-state index contributed by atoms with van der Waals surface area (Å²) < 4.78 is 6.42. The second kappa shape index (κ2) is 4.05. The van der Waals surface area contributed by atoms with Crippen LogP contribution in [0.25, 0.3) is 11.1 Å². The van der Waals surface area contributed by atoms with Crippen LogP contribution in [-0.2, 0) is 5.54 Å². The Hall–Kier alpha value is -0.910. The second-order valence-corrected chi connectivity index (χ2v) is 7.61. The standard InChI is InChI=1S/C13H13NOS3/c1-13(2)11-9(12(16)18-17-11)7-5-4-6-8(15-3)10(7)14-13/h4-6,14H,1-3H3. The number of para-hydroxylation sites is 1. The summed E-state index contributed by atoms with van der Waals surface area (Å²) in [6.45, 7) is 4.36. The lowest BCUT2D eigenvalue weighted by molar-refractivity contribution is 0.414. The summed E-state index contributed by atoms with van der Waals surface area (Å²) in [5.74, 6) is 0.872. The third-order valence-corrected chi connectivity index (χ3v) is 6.49. The third kappa shape index (κ3) is 1.61. The Morgan fingerprint density at radius 2 is 2.06 bits per heavy atom. The topological polar surface area (TPSA) is 21.3 Å². The first kappa shape index (κ1) is 12.1. The molecule has 0 fully saturated rings. The molecule has 3 rings (SSSR count). The molecule has 1 aliphatic rings. The van der Waals surface area contributed by atoms with E-state index in [4.69, 9.17) is 17.0 Å². The summed E-state index contributed by atoms with van der Waals surface area (Å²) in [6.07, 6.45) is 0. The van der Waals surface area contributed by atoms with Crippen molar-refractivity contribution in [1.29, 1.82) is 0 Å². The fourth-order valence-electron chi connectivity index (χ4n) is 2.31. The number of nitrogens with one attached hydrogen (secondary N) is 1. The quantitative estimate of drug-likeness (QED) is 0.599. The summed E-state index contributed by atoms with van der Waals surface area (Å²) in [6, 6.07) is 6.10. The lowest BCUT2D eigenvalue weighted by Gasteiger charge is -2.34. The van der Waals surface area contributed by atoms with Crippen LogP contribution in [0.2, 0.25) is 0 Å². The lowest BCUT2D eigenvalue weighted by Crippen LogP contribution is -2.30. The average Bonchev–Trinajstić information content (AvgIpc) is 2.72. The van der Waals surface area contributed by atoms with Gasteiger partial charge in [-0.25, -0.2) is 0 Å². The Labute approximate surface area is 119 Å². The highest BCUT2D eigenvalue weighted by atomic mass is 32.9. The molecule has 0 saturated carbocycles. The highest BCUT2D eigenvalue weighted by molar-refractivity contribution is 7.80. The predicted molar refractivity (Wildman–Crippen MR) is 81.7 cm³/mol. The molecule has 1 aliphatic heterocycles. The molecular formula is C13H13NOS3. The molecule has 0 bridgehead atoms. The molecule has 0 radical (unpaired) electrons. The van der Waals surface area contributed by atoms with Crippen LogP contribution < -0.4 is 10.1 Å². The molecule has 18 heavy (non-hydrogen) atoms. The molecule has 0 unspecified atom stereocenters. The Bertz CT molecular complexity index is 669. The highest BCUT2D eigenvalue weighted by Gasteiger charge is 2.34. The molecule has 2 heterocycles. The highest BCUT2D eigenvalue weighted by Crippen LogP contribution is 2.51. The molecule has 5 heteroatoms. The van der Waals surface area contributed by atoms with Gasteiger partial charge in [-0.1, -0.05) is 45.0 Å². The maximum absolute atomic E-state index is 5.49. The van der Waals surface area contributed by atoms with Crippen LogP contribution >= 0.6 is 32.9 Å². The minimum atomic E-state index is -0.102. The van der Waals surface area contributed by atoms with Gasteiger partial charge in [0.05, 0.1) is 23.2 Å². The number of rotatable bonds is 1. The van der Waals surface area contributed by atoms with Crippen LogP contribution in [0.4, 0.5) is 5.69 Å². The van der Waals surface area contributed by atoms with E-state index in [1.807, 2.05) is 12.1 Å². The van der Waals surface area contributed by atoms with Gasteiger partial charge in [0.15, 0.2) is 0 Å². The van der Waals surface area contributed by atoms with E-state index in [1.54, 1.807) is 27.8 Å². The molecular weight excluding hydrogens is 282 g/mol. The molecule has 0 atom stereocenters. The number of hydrogen-bond donors (Lipinski definition) is 1. The van der Waals surface area contributed by atoms with Crippen molar-refractivity contribution < 1.29 is 4.74 Å². The summed E-state index contributed by atoms with van der Waals surface area (Å²) in [4.78, 5) is 1.32. The number of ether oxygens (including phenoxy) is 1. The van der Waals surface area contributed by atoms with E-state index in [0.717, 1.165) is 20.8 Å². The van der Waals surface area contributed by atoms with Crippen molar-refractivity contribution in [3.63, 3.8) is 0 Å². The predicted octanol–water partition coefficient (Wildman–Crippen LogP) is 4.88. The van der Waals surface area contributed by atoms with Gasteiger partial charge in [0.2, 0.25) is 0 Å². The van der Waals surface area contributed by atoms with Crippen molar-refractivity contribution in [1.82, 2.24) is 0 Å². The number of benzene rings is 1. The molecule has 0 aliphatic carbocycles. The normalized spacial score (nSPS) is 15.5. The number of fused-ring (bicyclic) bond motifs is 3. The molecule has 94 valence electrons. The summed E-state index contributed by atoms with van der Waals surface area (Å²) in [5, 5.41) is 3.57. The minimum Gasteiger partial charge on any atom is -0.495 e. The largest absolute Gasteiger partial charge is 0.495 e. The Morgan fingerprint density at radius 1 is 1.28 bits per heavy atom. The summed E-state index contributed by atoms with van der Waals surface area (Å²) in [5.41, 5.74) is 3.31. The first-order valence-electron chi connectivity index (χ1n) is 5.64. The summed E-state index contributed by atoms with van der Waals surface area (Å²) in [7, 11) is 5.14. The summed E-state index contributed by atoms with van der Waals surface area (Å²) >= 11 is 5.49. The van der Waals surface area contributed by atoms with Crippen molar-refractivity contribution >= 4 is 38.6 Å². The van der Waals surface area contributed by atoms with E-state index in [1.165, 1.54) is 10.4 Å². The van der Waals surface area contributed by atoms with Crippen LogP contribution in [-0.4, -0.2) is 7.11 Å². The maximum atomic E-state index is 5.49. The van der Waals surface area contributed by atoms with Crippen LogP contribution in [0, 0.1) is 3.82 Å². The SMILES string of the molecule is COc1cccc2c1NC(C)(C)c1ssc(=S)c1-2. The second-order valence-electron chi connectivity index (χ2n) is 4.79. The van der Waals surface area contributed by atoms with Crippen molar-refractivity contribution in [2.75, 3.05) is 12.4 Å². The van der Waals surface area contributed by atoms with Gasteiger partial charge in [0, 0.05) is 11.1 Å². The van der Waals surface area contributed by atoms with Crippen LogP contribution in [0.1, 0.15) is 18.7 Å². The van der Waals surface area contributed by atoms with Crippen molar-refractivity contribution in [3.8, 4) is 16.9 Å². The molecule has 1 aromatic carbocycles. The molecule has 1 N–H and O–H groups in total. The Balaban J connectivity index is 2.38. The van der Waals surface area contributed by atoms with E-state index >= 15 is 0 Å². The van der Waals surface area contributed by atoms with Crippen LogP contribution in [0.5, 0.6) is 5.75 Å². The first-order chi connectivity index (χ1) is 8.54. The van der Waals surface area contributed by atoms with Gasteiger partial charge in [-0.05, 0) is 19.9 Å². The van der Waals surface area contributed by atoms with Crippen LogP contribution in [0.3, 0.4) is 0 Å². The van der Waals surface area contributed by atoms with Gasteiger partial charge >= 0.3 is 0 Å². The zero-order chi connectivity index (χ0) is 12.9. The van der Waals surface area contributed by atoms with Crippen molar-refractivity contribution in [3.05, 3.63) is 26.9 Å². The van der Waals surface area contributed by atoms with Gasteiger partial charge in [-0.2, -0.15) is 0 Å². The van der Waals surface area contributed by atoms with E-state index in [0.29, 0.717) is 0 Å².